The van der Waals surface area contributed by atoms with Gasteiger partial charge in [0.25, 0.3) is 0 Å². The van der Waals surface area contributed by atoms with E-state index in [2.05, 4.69) is 20.8 Å². The second kappa shape index (κ2) is 12.9. The maximum atomic E-state index is 11.4. The second-order valence-electron chi connectivity index (χ2n) is 6.13. The van der Waals surface area contributed by atoms with Crippen LogP contribution >= 0.6 is 0 Å². The van der Waals surface area contributed by atoms with E-state index < -0.39 is 6.10 Å². The summed E-state index contributed by atoms with van der Waals surface area (Å²) in [5, 5.41) is 24.0. The number of aliphatic hydroxyl groups is 3. The second-order valence-corrected chi connectivity index (χ2v) is 6.13. The Hall–Kier alpha value is -0.780. The summed E-state index contributed by atoms with van der Waals surface area (Å²) in [6.07, 6.45) is 2.24. The van der Waals surface area contributed by atoms with Crippen molar-refractivity contribution < 1.29 is 24.9 Å². The molecule has 1 aliphatic carbocycles. The van der Waals surface area contributed by atoms with Crippen LogP contribution in [0.15, 0.2) is 0 Å². The van der Waals surface area contributed by atoms with Gasteiger partial charge in [0.1, 0.15) is 17.7 Å². The van der Waals surface area contributed by atoms with Crippen LogP contribution in [0.2, 0.25) is 0 Å². The Kier molecular flexibility index (Phi) is 13.8. The smallest absolute Gasteiger partial charge is 0.136 e. The lowest BCUT2D eigenvalue weighted by molar-refractivity contribution is -0.127. The van der Waals surface area contributed by atoms with Crippen LogP contribution in [0.3, 0.4) is 0 Å². The third kappa shape index (κ3) is 13.9. The van der Waals surface area contributed by atoms with Crippen LogP contribution in [0.1, 0.15) is 53.9 Å². The zero-order valence-corrected chi connectivity index (χ0v) is 14.0. The molecule has 0 spiro atoms. The van der Waals surface area contributed by atoms with E-state index in [1.165, 1.54) is 20.3 Å². The van der Waals surface area contributed by atoms with Crippen molar-refractivity contribution in [2.45, 2.75) is 60.0 Å². The number of rotatable bonds is 3. The van der Waals surface area contributed by atoms with Gasteiger partial charge in [-0.1, -0.05) is 20.8 Å². The number of hydrogen-bond acceptors (Lipinski definition) is 5. The van der Waals surface area contributed by atoms with Crippen LogP contribution in [-0.4, -0.2) is 46.2 Å². The molecule has 21 heavy (non-hydrogen) atoms. The molecule has 0 amide bonds. The fourth-order valence-electron chi connectivity index (χ4n) is 1.98. The first-order valence-electron chi connectivity index (χ1n) is 7.55. The van der Waals surface area contributed by atoms with E-state index in [9.17, 15) is 9.59 Å². The first-order chi connectivity index (χ1) is 9.65. The van der Waals surface area contributed by atoms with Crippen molar-refractivity contribution in [2.75, 3.05) is 13.2 Å². The van der Waals surface area contributed by atoms with Gasteiger partial charge < -0.3 is 20.1 Å². The van der Waals surface area contributed by atoms with Gasteiger partial charge in [-0.3, -0.25) is 4.79 Å². The van der Waals surface area contributed by atoms with Gasteiger partial charge in [0, 0.05) is 12.3 Å². The monoisotopic (exact) mass is 304 g/mol. The van der Waals surface area contributed by atoms with Gasteiger partial charge in [-0.05, 0) is 38.5 Å². The number of carbonyl (C=O) groups excluding carboxylic acids is 2. The Bertz CT molecular complexity index is 280. The highest BCUT2D eigenvalue weighted by atomic mass is 16.3. The first kappa shape index (κ1) is 22.5. The molecule has 0 heterocycles. The Labute approximate surface area is 128 Å². The molecule has 5 heteroatoms. The van der Waals surface area contributed by atoms with E-state index in [1.807, 2.05) is 0 Å². The lowest BCUT2D eigenvalue weighted by atomic mass is 9.77. The maximum absolute atomic E-state index is 11.4. The normalized spacial score (nSPS) is 21.3. The molecule has 3 N–H and O–H groups in total. The average Bonchev–Trinajstić information content (AvgIpc) is 2.37. The molecular formula is C16H32O5. The molecule has 0 aliphatic heterocycles. The van der Waals surface area contributed by atoms with E-state index in [1.54, 1.807) is 0 Å². The number of aliphatic hydroxyl groups excluding tert-OH is 3. The van der Waals surface area contributed by atoms with Crippen molar-refractivity contribution >= 4 is 11.6 Å². The predicted octanol–water partition coefficient (Wildman–Crippen LogP) is 1.57. The molecular weight excluding hydrogens is 272 g/mol. The van der Waals surface area contributed by atoms with E-state index in [4.69, 9.17) is 15.3 Å². The minimum absolute atomic E-state index is 0.167. The topological polar surface area (TPSA) is 94.8 Å². The highest BCUT2D eigenvalue weighted by Crippen LogP contribution is 2.29. The Morgan fingerprint density at radius 2 is 1.62 bits per heavy atom. The van der Waals surface area contributed by atoms with Crippen molar-refractivity contribution in [3.8, 4) is 0 Å². The zero-order chi connectivity index (χ0) is 17.0. The zero-order valence-electron chi connectivity index (χ0n) is 14.0. The quantitative estimate of drug-likeness (QED) is 0.736. The summed E-state index contributed by atoms with van der Waals surface area (Å²) < 4.78 is 0. The van der Waals surface area contributed by atoms with E-state index in [-0.39, 0.29) is 19.0 Å². The first-order valence-corrected chi connectivity index (χ1v) is 7.55. The minimum Gasteiger partial charge on any atom is -0.394 e. The molecule has 0 bridgehead atoms. The van der Waals surface area contributed by atoms with Crippen LogP contribution in [0.25, 0.3) is 0 Å². The number of ketones is 2. The molecule has 1 aliphatic rings. The Balaban J connectivity index is 0. The SMILES string of the molecule is CC(C)=O.CC(C)[C@H]1CC[C@H](C)CC1=O.OCC(O)CO. The van der Waals surface area contributed by atoms with Gasteiger partial charge in [-0.2, -0.15) is 0 Å². The minimum atomic E-state index is -0.954. The largest absolute Gasteiger partial charge is 0.394 e. The number of carbonyl (C=O) groups is 2. The molecule has 1 rings (SSSR count). The van der Waals surface area contributed by atoms with Crippen molar-refractivity contribution in [3.05, 3.63) is 0 Å². The summed E-state index contributed by atoms with van der Waals surface area (Å²) in [6.45, 7) is 8.80. The molecule has 1 fully saturated rings. The third-order valence-corrected chi connectivity index (χ3v) is 3.16. The fourth-order valence-corrected chi connectivity index (χ4v) is 1.98. The third-order valence-electron chi connectivity index (χ3n) is 3.16. The molecule has 0 unspecified atom stereocenters. The van der Waals surface area contributed by atoms with E-state index in [0.29, 0.717) is 23.5 Å². The summed E-state index contributed by atoms with van der Waals surface area (Å²) >= 11 is 0. The number of Topliss-reactive ketones (excluding diaryl/α,β-unsaturated/α-hetero) is 2. The summed E-state index contributed by atoms with van der Waals surface area (Å²) in [7, 11) is 0. The molecule has 0 aromatic carbocycles. The Morgan fingerprint density at radius 1 is 1.19 bits per heavy atom. The highest BCUT2D eigenvalue weighted by molar-refractivity contribution is 5.82. The van der Waals surface area contributed by atoms with Crippen molar-refractivity contribution in [3.63, 3.8) is 0 Å². The van der Waals surface area contributed by atoms with Crippen molar-refractivity contribution in [2.24, 2.45) is 17.8 Å². The van der Waals surface area contributed by atoms with Gasteiger partial charge in [0.05, 0.1) is 13.2 Å². The maximum Gasteiger partial charge on any atom is 0.136 e. The van der Waals surface area contributed by atoms with Gasteiger partial charge in [0.2, 0.25) is 0 Å². The molecule has 1 saturated carbocycles. The summed E-state index contributed by atoms with van der Waals surface area (Å²) in [5.74, 6) is 2.22. The van der Waals surface area contributed by atoms with Crippen LogP contribution in [-0.2, 0) is 9.59 Å². The molecule has 2 atom stereocenters. The van der Waals surface area contributed by atoms with E-state index in [0.717, 1.165) is 12.8 Å². The molecule has 5 nitrogen and oxygen atoms in total. The van der Waals surface area contributed by atoms with Crippen LogP contribution in [0, 0.1) is 17.8 Å². The molecule has 126 valence electrons. The lowest BCUT2D eigenvalue weighted by Gasteiger charge is -2.27. The molecule has 0 radical (unpaired) electrons. The predicted molar refractivity (Wildman–Crippen MR) is 82.9 cm³/mol. The molecule has 0 saturated heterocycles. The molecule has 0 aromatic rings. The highest BCUT2D eigenvalue weighted by Gasteiger charge is 2.27. The van der Waals surface area contributed by atoms with Crippen molar-refractivity contribution in [1.29, 1.82) is 0 Å². The lowest BCUT2D eigenvalue weighted by Crippen LogP contribution is -2.27. The van der Waals surface area contributed by atoms with Crippen LogP contribution < -0.4 is 0 Å². The summed E-state index contributed by atoms with van der Waals surface area (Å²) in [4.78, 5) is 20.9. The standard InChI is InChI=1S/C10H18O.C3H8O3.C3H6O/c1-7(2)9-5-4-8(3)6-10(9)11;4-1-3(6)2-5;1-3(2)4/h7-9H,4-6H2,1-3H3;3-6H,1-2H2;1-2H3/t8-,9+;;/m0../s1. The van der Waals surface area contributed by atoms with Gasteiger partial charge >= 0.3 is 0 Å². The van der Waals surface area contributed by atoms with Gasteiger partial charge in [-0.25, -0.2) is 0 Å². The molecule has 0 aromatic heterocycles. The van der Waals surface area contributed by atoms with Gasteiger partial charge in [-0.15, -0.1) is 0 Å². The number of hydrogen-bond donors (Lipinski definition) is 3. The fraction of sp³-hybridized carbons (Fsp3) is 0.875. The van der Waals surface area contributed by atoms with Gasteiger partial charge in [0.15, 0.2) is 0 Å². The Morgan fingerprint density at radius 3 is 1.86 bits per heavy atom. The summed E-state index contributed by atoms with van der Waals surface area (Å²) in [6, 6.07) is 0. The summed E-state index contributed by atoms with van der Waals surface area (Å²) in [5.41, 5.74) is 0. The van der Waals surface area contributed by atoms with E-state index >= 15 is 0 Å². The van der Waals surface area contributed by atoms with Crippen LogP contribution in [0.5, 0.6) is 0 Å². The van der Waals surface area contributed by atoms with Crippen LogP contribution in [0.4, 0.5) is 0 Å². The average molecular weight is 304 g/mol. The van der Waals surface area contributed by atoms with Crippen molar-refractivity contribution in [1.82, 2.24) is 0 Å².